The summed E-state index contributed by atoms with van der Waals surface area (Å²) < 4.78 is 1.98. The topological polar surface area (TPSA) is 46.4 Å². The maximum Gasteiger partial charge on any atom is 0.255 e. The third kappa shape index (κ3) is 2.62. The second kappa shape index (κ2) is 5.70. The average Bonchev–Trinajstić information content (AvgIpc) is 3.18. The first-order valence-corrected chi connectivity index (χ1v) is 8.07. The number of amides is 1. The van der Waals surface area contributed by atoms with Crippen LogP contribution in [0.25, 0.3) is 16.2 Å². The lowest BCUT2D eigenvalue weighted by Crippen LogP contribution is -2.12. The summed E-state index contributed by atoms with van der Waals surface area (Å²) in [6, 6.07) is 16.9. The second-order valence-electron chi connectivity index (χ2n) is 5.08. The van der Waals surface area contributed by atoms with Crippen LogP contribution in [0, 0.1) is 0 Å². The number of nitrogens with one attached hydrogen (secondary N) is 1. The number of carbonyl (C=O) groups is 1. The molecule has 4 nitrogen and oxygen atoms in total. The fourth-order valence-corrected chi connectivity index (χ4v) is 3.16. The van der Waals surface area contributed by atoms with Crippen LogP contribution in [0.1, 0.15) is 10.4 Å². The molecule has 2 aromatic heterocycles. The summed E-state index contributed by atoms with van der Waals surface area (Å²) in [6.45, 7) is 0. The van der Waals surface area contributed by atoms with Crippen molar-refractivity contribution in [3.05, 3.63) is 77.9 Å². The van der Waals surface area contributed by atoms with E-state index < -0.39 is 0 Å². The zero-order chi connectivity index (χ0) is 15.6. The van der Waals surface area contributed by atoms with Crippen LogP contribution < -0.4 is 5.32 Å². The number of carbonyl (C=O) groups excluding carboxylic acids is 1. The number of fused-ring (bicyclic) bond motifs is 1. The van der Waals surface area contributed by atoms with E-state index in [0.717, 1.165) is 21.9 Å². The molecule has 0 bridgehead atoms. The lowest BCUT2D eigenvalue weighted by atomic mass is 10.1. The van der Waals surface area contributed by atoms with E-state index in [1.807, 2.05) is 64.6 Å². The van der Waals surface area contributed by atoms with Crippen molar-refractivity contribution in [3.63, 3.8) is 0 Å². The van der Waals surface area contributed by atoms with Crippen LogP contribution >= 0.6 is 11.3 Å². The van der Waals surface area contributed by atoms with Crippen LogP contribution in [0.15, 0.2) is 72.4 Å². The highest BCUT2D eigenvalue weighted by atomic mass is 32.1. The van der Waals surface area contributed by atoms with Crippen molar-refractivity contribution in [2.75, 3.05) is 5.32 Å². The molecule has 2 aromatic carbocycles. The normalized spacial score (nSPS) is 10.8. The van der Waals surface area contributed by atoms with E-state index in [0.29, 0.717) is 5.56 Å². The molecule has 0 aliphatic heterocycles. The molecule has 2 heterocycles. The summed E-state index contributed by atoms with van der Waals surface area (Å²) in [4.78, 5) is 17.9. The fraction of sp³-hybridized carbons (Fsp3) is 0. The molecule has 0 radical (unpaired) electrons. The number of imidazole rings is 1. The number of nitrogens with zero attached hydrogens (tertiary/aromatic N) is 2. The van der Waals surface area contributed by atoms with E-state index in [-0.39, 0.29) is 5.91 Å². The molecule has 0 unspecified atom stereocenters. The van der Waals surface area contributed by atoms with Gasteiger partial charge in [-0.15, -0.1) is 11.3 Å². The second-order valence-corrected chi connectivity index (χ2v) is 5.96. The van der Waals surface area contributed by atoms with E-state index in [1.165, 1.54) is 0 Å². The van der Waals surface area contributed by atoms with Gasteiger partial charge in [0.1, 0.15) is 0 Å². The van der Waals surface area contributed by atoms with Gasteiger partial charge in [0, 0.05) is 28.9 Å². The van der Waals surface area contributed by atoms with Gasteiger partial charge in [-0.3, -0.25) is 9.20 Å². The quantitative estimate of drug-likeness (QED) is 0.611. The molecule has 5 heteroatoms. The Morgan fingerprint density at radius 1 is 1.04 bits per heavy atom. The van der Waals surface area contributed by atoms with Crippen molar-refractivity contribution in [1.82, 2.24) is 9.38 Å². The molecule has 1 N–H and O–H groups in total. The summed E-state index contributed by atoms with van der Waals surface area (Å²) in [6.07, 6.45) is 3.95. The Balaban J connectivity index is 1.70. The van der Waals surface area contributed by atoms with Gasteiger partial charge in [-0.1, -0.05) is 36.4 Å². The number of anilines is 1. The first-order valence-electron chi connectivity index (χ1n) is 7.19. The minimum absolute atomic E-state index is 0.126. The molecule has 0 spiro atoms. The van der Waals surface area contributed by atoms with Crippen LogP contribution in [-0.4, -0.2) is 15.3 Å². The number of aromatic nitrogens is 2. The lowest BCUT2D eigenvalue weighted by molar-refractivity contribution is 0.102. The highest BCUT2D eigenvalue weighted by molar-refractivity contribution is 7.15. The number of thiazole rings is 1. The number of rotatable bonds is 3. The zero-order valence-corrected chi connectivity index (χ0v) is 13.0. The molecule has 0 fully saturated rings. The van der Waals surface area contributed by atoms with Gasteiger partial charge >= 0.3 is 0 Å². The maximum atomic E-state index is 12.4. The minimum atomic E-state index is -0.126. The Hall–Kier alpha value is -2.92. The van der Waals surface area contributed by atoms with Gasteiger partial charge in [0.15, 0.2) is 4.96 Å². The molecule has 1 amide bonds. The molecule has 0 saturated heterocycles. The predicted molar refractivity (Wildman–Crippen MR) is 92.9 cm³/mol. The van der Waals surface area contributed by atoms with Gasteiger partial charge in [-0.2, -0.15) is 0 Å². The SMILES string of the molecule is O=C(Nc1ccccc1-c1cn2ccsc2n1)c1ccccc1. The Morgan fingerprint density at radius 3 is 2.65 bits per heavy atom. The van der Waals surface area contributed by atoms with E-state index in [1.54, 1.807) is 23.5 Å². The molecule has 4 rings (SSSR count). The zero-order valence-electron chi connectivity index (χ0n) is 12.1. The summed E-state index contributed by atoms with van der Waals surface area (Å²) in [7, 11) is 0. The van der Waals surface area contributed by atoms with E-state index in [2.05, 4.69) is 10.3 Å². The monoisotopic (exact) mass is 319 g/mol. The number of benzene rings is 2. The van der Waals surface area contributed by atoms with E-state index >= 15 is 0 Å². The van der Waals surface area contributed by atoms with Gasteiger partial charge < -0.3 is 5.32 Å². The molecular formula is C18H13N3OS. The van der Waals surface area contributed by atoms with Crippen molar-refractivity contribution in [3.8, 4) is 11.3 Å². The summed E-state index contributed by atoms with van der Waals surface area (Å²) >= 11 is 1.58. The fourth-order valence-electron chi connectivity index (χ4n) is 2.46. The highest BCUT2D eigenvalue weighted by Gasteiger charge is 2.12. The van der Waals surface area contributed by atoms with Crippen LogP contribution in [0.5, 0.6) is 0 Å². The molecule has 0 saturated carbocycles. The van der Waals surface area contributed by atoms with Crippen molar-refractivity contribution in [2.45, 2.75) is 0 Å². The van der Waals surface area contributed by atoms with Gasteiger partial charge in [-0.25, -0.2) is 4.98 Å². The van der Waals surface area contributed by atoms with Crippen LogP contribution in [0.3, 0.4) is 0 Å². The predicted octanol–water partition coefficient (Wildman–Crippen LogP) is 4.32. The van der Waals surface area contributed by atoms with Crippen LogP contribution in [-0.2, 0) is 0 Å². The Labute approximate surface area is 137 Å². The summed E-state index contributed by atoms with van der Waals surface area (Å²) in [5, 5.41) is 4.97. The Kier molecular flexibility index (Phi) is 3.40. The van der Waals surface area contributed by atoms with Crippen LogP contribution in [0.4, 0.5) is 5.69 Å². The first-order chi connectivity index (χ1) is 11.3. The van der Waals surface area contributed by atoms with E-state index in [4.69, 9.17) is 0 Å². The summed E-state index contributed by atoms with van der Waals surface area (Å²) in [5.41, 5.74) is 3.15. The third-order valence-corrected chi connectivity index (χ3v) is 4.35. The largest absolute Gasteiger partial charge is 0.321 e. The van der Waals surface area contributed by atoms with Crippen molar-refractivity contribution >= 4 is 27.9 Å². The van der Waals surface area contributed by atoms with Crippen LogP contribution in [0.2, 0.25) is 0 Å². The molecule has 0 aliphatic rings. The number of para-hydroxylation sites is 1. The van der Waals surface area contributed by atoms with Gasteiger partial charge in [0.25, 0.3) is 5.91 Å². The highest BCUT2D eigenvalue weighted by Crippen LogP contribution is 2.28. The van der Waals surface area contributed by atoms with Gasteiger partial charge in [-0.05, 0) is 18.2 Å². The molecule has 23 heavy (non-hydrogen) atoms. The van der Waals surface area contributed by atoms with E-state index in [9.17, 15) is 4.79 Å². The number of hydrogen-bond donors (Lipinski definition) is 1. The molecule has 0 aliphatic carbocycles. The molecular weight excluding hydrogens is 306 g/mol. The Morgan fingerprint density at radius 2 is 1.83 bits per heavy atom. The van der Waals surface area contributed by atoms with Gasteiger partial charge in [0.05, 0.1) is 11.4 Å². The van der Waals surface area contributed by atoms with Crippen molar-refractivity contribution in [2.24, 2.45) is 0 Å². The maximum absolute atomic E-state index is 12.4. The van der Waals surface area contributed by atoms with Gasteiger partial charge in [0.2, 0.25) is 0 Å². The smallest absolute Gasteiger partial charge is 0.255 e. The average molecular weight is 319 g/mol. The first kappa shape index (κ1) is 13.7. The number of hydrogen-bond acceptors (Lipinski definition) is 3. The third-order valence-electron chi connectivity index (χ3n) is 3.58. The summed E-state index contributed by atoms with van der Waals surface area (Å²) in [5.74, 6) is -0.126. The standard InChI is InChI=1S/C18H13N3OS/c22-17(13-6-2-1-3-7-13)19-15-9-5-4-8-14(15)16-12-21-10-11-23-18(21)20-16/h1-12H,(H,19,22). The molecule has 112 valence electrons. The Bertz CT molecular complexity index is 944. The molecule has 4 aromatic rings. The minimum Gasteiger partial charge on any atom is -0.321 e. The van der Waals surface area contributed by atoms with Crippen molar-refractivity contribution in [1.29, 1.82) is 0 Å². The van der Waals surface area contributed by atoms with Crippen molar-refractivity contribution < 1.29 is 4.79 Å². The lowest BCUT2D eigenvalue weighted by Gasteiger charge is -2.09. The molecule has 0 atom stereocenters.